The van der Waals surface area contributed by atoms with Gasteiger partial charge in [-0.1, -0.05) is 49.2 Å². The predicted octanol–water partition coefficient (Wildman–Crippen LogP) is 3.72. The highest BCUT2D eigenvalue weighted by molar-refractivity contribution is 6.30. The van der Waals surface area contributed by atoms with Gasteiger partial charge in [0.05, 0.1) is 12.2 Å². The summed E-state index contributed by atoms with van der Waals surface area (Å²) in [7, 11) is 0. The van der Waals surface area contributed by atoms with Crippen LogP contribution >= 0.6 is 11.6 Å². The summed E-state index contributed by atoms with van der Waals surface area (Å²) in [6.45, 7) is 4.73. The number of nitriles is 1. The molecule has 0 fully saturated rings. The molecule has 1 heterocycles. The molecule has 0 saturated heterocycles. The fourth-order valence-electron chi connectivity index (χ4n) is 2.06. The number of aryl methyl sites for hydroxylation is 2. The molecule has 0 unspecified atom stereocenters. The number of benzene rings is 1. The molecule has 0 spiro atoms. The van der Waals surface area contributed by atoms with Crippen LogP contribution in [-0.2, 0) is 13.0 Å². The molecule has 0 saturated carbocycles. The molecule has 2 aromatic rings. The topological polar surface area (TPSA) is 41.6 Å². The number of nitrogens with zero attached hydrogens (tertiary/aromatic N) is 3. The molecule has 1 aromatic heterocycles. The minimum absolute atomic E-state index is 0.439. The van der Waals surface area contributed by atoms with Crippen molar-refractivity contribution in [3.8, 4) is 6.07 Å². The summed E-state index contributed by atoms with van der Waals surface area (Å²) in [6, 6.07) is 10.3. The Labute approximate surface area is 118 Å². The lowest BCUT2D eigenvalue weighted by Gasteiger charge is -2.06. The van der Waals surface area contributed by atoms with Crippen LogP contribution in [0.3, 0.4) is 0 Å². The van der Waals surface area contributed by atoms with Crippen LogP contribution in [-0.4, -0.2) is 9.78 Å². The van der Waals surface area contributed by atoms with Crippen LogP contribution in [0.15, 0.2) is 24.3 Å². The van der Waals surface area contributed by atoms with Crippen LogP contribution in [0.1, 0.15) is 35.7 Å². The maximum absolute atomic E-state index is 9.17. The molecular weight excluding hydrogens is 258 g/mol. The first-order chi connectivity index (χ1) is 9.17. The lowest BCUT2D eigenvalue weighted by Crippen LogP contribution is -2.04. The lowest BCUT2D eigenvalue weighted by atomic mass is 10.1. The van der Waals surface area contributed by atoms with E-state index in [9.17, 15) is 5.26 Å². The van der Waals surface area contributed by atoms with E-state index in [1.165, 1.54) is 11.1 Å². The molecule has 0 amide bonds. The summed E-state index contributed by atoms with van der Waals surface area (Å²) in [5.74, 6) is 0. The van der Waals surface area contributed by atoms with Crippen molar-refractivity contribution in [2.75, 3.05) is 0 Å². The minimum Gasteiger partial charge on any atom is -0.248 e. The van der Waals surface area contributed by atoms with Gasteiger partial charge in [0.15, 0.2) is 0 Å². The zero-order chi connectivity index (χ0) is 13.8. The van der Waals surface area contributed by atoms with E-state index < -0.39 is 0 Å². The van der Waals surface area contributed by atoms with E-state index in [4.69, 9.17) is 11.6 Å². The number of aromatic nitrogens is 2. The third kappa shape index (κ3) is 2.80. The monoisotopic (exact) mass is 273 g/mol. The predicted molar refractivity (Wildman–Crippen MR) is 76.2 cm³/mol. The normalized spacial score (nSPS) is 10.4. The van der Waals surface area contributed by atoms with Gasteiger partial charge in [0.25, 0.3) is 0 Å². The zero-order valence-corrected chi connectivity index (χ0v) is 11.9. The maximum atomic E-state index is 9.17. The van der Waals surface area contributed by atoms with Gasteiger partial charge < -0.3 is 0 Å². The summed E-state index contributed by atoms with van der Waals surface area (Å²) in [6.07, 6.45) is 1.73. The summed E-state index contributed by atoms with van der Waals surface area (Å²) in [5, 5.41) is 14.1. The number of hydrogen-bond donors (Lipinski definition) is 0. The Kier molecular flexibility index (Phi) is 4.24. The molecule has 4 heteroatoms. The van der Waals surface area contributed by atoms with Crippen LogP contribution in [0.5, 0.6) is 0 Å². The Balaban J connectivity index is 2.36. The van der Waals surface area contributed by atoms with E-state index in [0.717, 1.165) is 18.5 Å². The van der Waals surface area contributed by atoms with Crippen molar-refractivity contribution in [2.45, 2.75) is 33.2 Å². The molecule has 0 aliphatic heterocycles. The summed E-state index contributed by atoms with van der Waals surface area (Å²) in [4.78, 5) is 0. The van der Waals surface area contributed by atoms with Crippen molar-refractivity contribution in [1.29, 1.82) is 5.26 Å². The summed E-state index contributed by atoms with van der Waals surface area (Å²) < 4.78 is 1.72. The fourth-order valence-corrected chi connectivity index (χ4v) is 2.31. The van der Waals surface area contributed by atoms with Crippen molar-refractivity contribution in [1.82, 2.24) is 9.78 Å². The first kappa shape index (κ1) is 13.6. The fraction of sp³-hybridized carbons (Fsp3) is 0.333. The van der Waals surface area contributed by atoms with Crippen molar-refractivity contribution < 1.29 is 0 Å². The van der Waals surface area contributed by atoms with Crippen LogP contribution in [0, 0.1) is 18.3 Å². The van der Waals surface area contributed by atoms with Gasteiger partial charge in [-0.25, -0.2) is 4.68 Å². The molecule has 2 rings (SSSR count). The number of rotatable bonds is 4. The van der Waals surface area contributed by atoms with Crippen LogP contribution < -0.4 is 0 Å². The second-order valence-electron chi connectivity index (χ2n) is 4.56. The van der Waals surface area contributed by atoms with Gasteiger partial charge >= 0.3 is 0 Å². The minimum atomic E-state index is 0.439. The highest BCUT2D eigenvalue weighted by atomic mass is 35.5. The number of halogens is 1. The summed E-state index contributed by atoms with van der Waals surface area (Å²) in [5.41, 5.74) is 3.67. The SMILES string of the molecule is CCCc1nn(Cc2ccccc2C)c(Cl)c1C#N. The molecule has 19 heavy (non-hydrogen) atoms. The average molecular weight is 274 g/mol. The third-order valence-electron chi connectivity index (χ3n) is 3.14. The first-order valence-electron chi connectivity index (χ1n) is 6.37. The van der Waals surface area contributed by atoms with Crippen LogP contribution in [0.2, 0.25) is 5.15 Å². The molecule has 0 bridgehead atoms. The third-order valence-corrected chi connectivity index (χ3v) is 3.53. The molecule has 0 radical (unpaired) electrons. The van der Waals surface area contributed by atoms with E-state index in [0.29, 0.717) is 17.3 Å². The van der Waals surface area contributed by atoms with E-state index in [2.05, 4.69) is 37.1 Å². The van der Waals surface area contributed by atoms with Gasteiger partial charge in [-0.2, -0.15) is 10.4 Å². The average Bonchev–Trinajstić information content (AvgIpc) is 2.69. The lowest BCUT2D eigenvalue weighted by molar-refractivity contribution is 0.666. The zero-order valence-electron chi connectivity index (χ0n) is 11.2. The molecule has 0 aliphatic rings. The second-order valence-corrected chi connectivity index (χ2v) is 4.92. The molecular formula is C15H16ClN3. The van der Waals surface area contributed by atoms with Crippen molar-refractivity contribution in [3.05, 3.63) is 51.8 Å². The summed E-state index contributed by atoms with van der Waals surface area (Å²) >= 11 is 6.25. The van der Waals surface area contributed by atoms with Crippen molar-refractivity contribution in [3.63, 3.8) is 0 Å². The van der Waals surface area contributed by atoms with E-state index in [1.807, 2.05) is 12.1 Å². The smallest absolute Gasteiger partial charge is 0.145 e. The second kappa shape index (κ2) is 5.90. The Morgan fingerprint density at radius 1 is 1.37 bits per heavy atom. The van der Waals surface area contributed by atoms with Gasteiger partial charge in [0.2, 0.25) is 0 Å². The Morgan fingerprint density at radius 3 is 2.74 bits per heavy atom. The Morgan fingerprint density at radius 2 is 2.11 bits per heavy atom. The van der Waals surface area contributed by atoms with Gasteiger partial charge in [0.1, 0.15) is 16.8 Å². The quantitative estimate of drug-likeness (QED) is 0.852. The van der Waals surface area contributed by atoms with Gasteiger partial charge in [-0.15, -0.1) is 0 Å². The van der Waals surface area contributed by atoms with Gasteiger partial charge in [-0.05, 0) is 24.5 Å². The molecule has 1 aromatic carbocycles. The molecule has 3 nitrogen and oxygen atoms in total. The Hall–Kier alpha value is -1.79. The highest BCUT2D eigenvalue weighted by Crippen LogP contribution is 2.22. The van der Waals surface area contributed by atoms with E-state index in [-0.39, 0.29) is 0 Å². The standard InChI is InChI=1S/C15H16ClN3/c1-3-6-14-13(9-17)15(16)19(18-14)10-12-8-5-4-7-11(12)2/h4-5,7-8H,3,6,10H2,1-2H3. The Bertz CT molecular complexity index is 623. The largest absolute Gasteiger partial charge is 0.248 e. The van der Waals surface area contributed by atoms with Gasteiger partial charge in [-0.3, -0.25) is 0 Å². The highest BCUT2D eigenvalue weighted by Gasteiger charge is 2.15. The molecule has 0 N–H and O–H groups in total. The van der Waals surface area contributed by atoms with E-state index >= 15 is 0 Å². The molecule has 0 atom stereocenters. The molecule has 0 aliphatic carbocycles. The van der Waals surface area contributed by atoms with Gasteiger partial charge in [0, 0.05) is 0 Å². The number of hydrogen-bond acceptors (Lipinski definition) is 2. The molecule has 98 valence electrons. The van der Waals surface area contributed by atoms with Crippen LogP contribution in [0.25, 0.3) is 0 Å². The maximum Gasteiger partial charge on any atom is 0.145 e. The van der Waals surface area contributed by atoms with Crippen molar-refractivity contribution in [2.24, 2.45) is 0 Å². The van der Waals surface area contributed by atoms with E-state index in [1.54, 1.807) is 4.68 Å². The van der Waals surface area contributed by atoms with Crippen molar-refractivity contribution >= 4 is 11.6 Å². The first-order valence-corrected chi connectivity index (χ1v) is 6.75. The van der Waals surface area contributed by atoms with Crippen LogP contribution in [0.4, 0.5) is 0 Å².